The van der Waals surface area contributed by atoms with Crippen LogP contribution in [0.1, 0.15) is 50.2 Å². The number of benzene rings is 1. The van der Waals surface area contributed by atoms with E-state index >= 15 is 0 Å². The van der Waals surface area contributed by atoms with E-state index in [1.165, 1.54) is 5.56 Å². The molecule has 1 aromatic carbocycles. The number of rotatable bonds is 7. The number of ether oxygens (including phenoxy) is 1. The standard InChI is InChI=1S/C19H26F2O/c1-3-15-5-9-17(10-6-15)13-19(20,21)22-14-18-11-7-16(4-2)8-12-18/h3,7-8,11-12,15,17H,1,4-6,9-10,13-14H2,2H3/t15-,17-. The van der Waals surface area contributed by atoms with Crippen LogP contribution in [-0.2, 0) is 17.8 Å². The predicted octanol–water partition coefficient (Wildman–Crippen LogP) is 5.74. The SMILES string of the molecule is C=C[C@H]1CC[C@H](CC(F)(F)OCc2ccc(CC)cc2)CC1. The molecule has 0 unspecified atom stereocenters. The second kappa shape index (κ2) is 7.87. The molecule has 3 heteroatoms. The van der Waals surface area contributed by atoms with E-state index in [4.69, 9.17) is 4.74 Å². The molecule has 122 valence electrons. The minimum Gasteiger partial charge on any atom is -0.316 e. The summed E-state index contributed by atoms with van der Waals surface area (Å²) in [5.74, 6) is 0.566. The number of hydrogen-bond donors (Lipinski definition) is 0. The fourth-order valence-electron chi connectivity index (χ4n) is 3.08. The van der Waals surface area contributed by atoms with E-state index in [0.717, 1.165) is 37.7 Å². The highest BCUT2D eigenvalue weighted by molar-refractivity contribution is 5.21. The van der Waals surface area contributed by atoms with Gasteiger partial charge in [-0.2, -0.15) is 8.78 Å². The maximum absolute atomic E-state index is 14.0. The zero-order valence-electron chi connectivity index (χ0n) is 13.4. The number of hydrogen-bond acceptors (Lipinski definition) is 1. The van der Waals surface area contributed by atoms with Crippen LogP contribution >= 0.6 is 0 Å². The number of aryl methyl sites for hydroxylation is 1. The third-order valence-electron chi connectivity index (χ3n) is 4.63. The van der Waals surface area contributed by atoms with E-state index in [-0.39, 0.29) is 18.9 Å². The Balaban J connectivity index is 1.79. The summed E-state index contributed by atoms with van der Waals surface area (Å²) in [6, 6.07) is 7.66. The quantitative estimate of drug-likeness (QED) is 0.583. The Morgan fingerprint density at radius 2 is 1.73 bits per heavy atom. The molecule has 1 aromatic rings. The first-order valence-corrected chi connectivity index (χ1v) is 8.24. The molecular weight excluding hydrogens is 282 g/mol. The molecule has 0 bridgehead atoms. The summed E-state index contributed by atoms with van der Waals surface area (Å²) in [7, 11) is 0. The first kappa shape index (κ1) is 17.1. The van der Waals surface area contributed by atoms with Gasteiger partial charge in [-0.3, -0.25) is 0 Å². The first-order valence-electron chi connectivity index (χ1n) is 8.24. The highest BCUT2D eigenvalue weighted by atomic mass is 19.3. The van der Waals surface area contributed by atoms with E-state index in [2.05, 4.69) is 13.5 Å². The van der Waals surface area contributed by atoms with Crippen LogP contribution in [-0.4, -0.2) is 6.11 Å². The molecule has 0 N–H and O–H groups in total. The van der Waals surface area contributed by atoms with E-state index in [0.29, 0.717) is 5.92 Å². The van der Waals surface area contributed by atoms with Crippen molar-refractivity contribution in [1.82, 2.24) is 0 Å². The Hall–Kier alpha value is -1.22. The summed E-state index contributed by atoms with van der Waals surface area (Å²) < 4.78 is 32.8. The Labute approximate surface area is 132 Å². The average Bonchev–Trinajstić information content (AvgIpc) is 2.54. The van der Waals surface area contributed by atoms with E-state index < -0.39 is 6.11 Å². The molecule has 22 heavy (non-hydrogen) atoms. The fraction of sp³-hybridized carbons (Fsp3) is 0.579. The van der Waals surface area contributed by atoms with Crippen LogP contribution in [0.3, 0.4) is 0 Å². The molecule has 1 aliphatic rings. The normalized spacial score (nSPS) is 22.5. The lowest BCUT2D eigenvalue weighted by Crippen LogP contribution is -2.26. The second-order valence-corrected chi connectivity index (χ2v) is 6.32. The monoisotopic (exact) mass is 308 g/mol. The molecule has 0 radical (unpaired) electrons. The summed E-state index contributed by atoms with van der Waals surface area (Å²) in [5.41, 5.74) is 2.00. The van der Waals surface area contributed by atoms with Gasteiger partial charge >= 0.3 is 6.11 Å². The van der Waals surface area contributed by atoms with Crippen LogP contribution < -0.4 is 0 Å². The number of halogens is 2. The Morgan fingerprint density at radius 1 is 1.14 bits per heavy atom. The van der Waals surface area contributed by atoms with Gasteiger partial charge < -0.3 is 4.74 Å². The van der Waals surface area contributed by atoms with Gasteiger partial charge in [0.2, 0.25) is 0 Å². The minimum atomic E-state index is -3.03. The van der Waals surface area contributed by atoms with Crippen molar-refractivity contribution in [3.63, 3.8) is 0 Å². The third-order valence-corrected chi connectivity index (χ3v) is 4.63. The van der Waals surface area contributed by atoms with Gasteiger partial charge in [-0.25, -0.2) is 0 Å². The van der Waals surface area contributed by atoms with Crippen molar-refractivity contribution in [3.8, 4) is 0 Å². The van der Waals surface area contributed by atoms with Crippen molar-refractivity contribution < 1.29 is 13.5 Å². The van der Waals surface area contributed by atoms with Crippen LogP contribution in [0.5, 0.6) is 0 Å². The molecule has 1 aliphatic carbocycles. The summed E-state index contributed by atoms with van der Waals surface area (Å²) >= 11 is 0. The maximum Gasteiger partial charge on any atom is 0.356 e. The van der Waals surface area contributed by atoms with Gasteiger partial charge in [0.25, 0.3) is 0 Å². The minimum absolute atomic E-state index is 0.0288. The zero-order chi connectivity index (χ0) is 16.0. The molecule has 0 aromatic heterocycles. The van der Waals surface area contributed by atoms with Crippen molar-refractivity contribution >= 4 is 0 Å². The van der Waals surface area contributed by atoms with Crippen molar-refractivity contribution in [1.29, 1.82) is 0 Å². The number of allylic oxidation sites excluding steroid dienone is 1. The Kier molecular flexibility index (Phi) is 6.13. The van der Waals surface area contributed by atoms with Crippen LogP contribution in [0, 0.1) is 11.8 Å². The molecule has 2 rings (SSSR count). The lowest BCUT2D eigenvalue weighted by atomic mass is 9.80. The summed E-state index contributed by atoms with van der Waals surface area (Å²) in [6.07, 6.45) is 3.35. The molecular formula is C19H26F2O. The van der Waals surface area contributed by atoms with Gasteiger partial charge in [-0.1, -0.05) is 37.3 Å². The first-order chi connectivity index (χ1) is 10.5. The van der Waals surface area contributed by atoms with Crippen LogP contribution in [0.25, 0.3) is 0 Å². The van der Waals surface area contributed by atoms with Crippen molar-refractivity contribution in [2.24, 2.45) is 11.8 Å². The zero-order valence-corrected chi connectivity index (χ0v) is 13.4. The van der Waals surface area contributed by atoms with Crippen LogP contribution in [0.4, 0.5) is 8.78 Å². The summed E-state index contributed by atoms with van der Waals surface area (Å²) in [4.78, 5) is 0. The van der Waals surface area contributed by atoms with Gasteiger partial charge in [-0.05, 0) is 55.1 Å². The van der Waals surface area contributed by atoms with E-state index in [1.807, 2.05) is 30.3 Å². The Bertz CT molecular complexity index is 459. The molecule has 0 amide bonds. The maximum atomic E-state index is 14.0. The Morgan fingerprint density at radius 3 is 2.27 bits per heavy atom. The predicted molar refractivity (Wildman–Crippen MR) is 85.8 cm³/mol. The van der Waals surface area contributed by atoms with Crippen LogP contribution in [0.2, 0.25) is 0 Å². The van der Waals surface area contributed by atoms with Crippen molar-refractivity contribution in [3.05, 3.63) is 48.0 Å². The number of alkyl halides is 2. The van der Waals surface area contributed by atoms with Gasteiger partial charge in [0.05, 0.1) is 6.61 Å². The van der Waals surface area contributed by atoms with Crippen molar-refractivity contribution in [2.45, 2.75) is 58.2 Å². The summed E-state index contributed by atoms with van der Waals surface area (Å²) in [5, 5.41) is 0. The van der Waals surface area contributed by atoms with E-state index in [9.17, 15) is 8.78 Å². The molecule has 0 aliphatic heterocycles. The molecule has 1 nitrogen and oxygen atoms in total. The van der Waals surface area contributed by atoms with Crippen LogP contribution in [0.15, 0.2) is 36.9 Å². The lowest BCUT2D eigenvalue weighted by molar-refractivity contribution is -0.256. The molecule has 0 saturated heterocycles. The molecule has 1 saturated carbocycles. The topological polar surface area (TPSA) is 9.23 Å². The van der Waals surface area contributed by atoms with Gasteiger partial charge in [0.1, 0.15) is 0 Å². The van der Waals surface area contributed by atoms with Gasteiger partial charge in [0.15, 0.2) is 0 Å². The van der Waals surface area contributed by atoms with E-state index in [1.54, 1.807) is 0 Å². The lowest BCUT2D eigenvalue weighted by Gasteiger charge is -2.29. The second-order valence-electron chi connectivity index (χ2n) is 6.32. The summed E-state index contributed by atoms with van der Waals surface area (Å²) in [6.45, 7) is 5.83. The van der Waals surface area contributed by atoms with Gasteiger partial charge in [0, 0.05) is 6.42 Å². The largest absolute Gasteiger partial charge is 0.356 e. The molecule has 0 atom stereocenters. The smallest absolute Gasteiger partial charge is 0.316 e. The highest BCUT2D eigenvalue weighted by Gasteiger charge is 2.35. The molecule has 1 fully saturated rings. The molecule has 0 spiro atoms. The third kappa shape index (κ3) is 5.20. The average molecular weight is 308 g/mol. The highest BCUT2D eigenvalue weighted by Crippen LogP contribution is 2.36. The van der Waals surface area contributed by atoms with Gasteiger partial charge in [-0.15, -0.1) is 6.58 Å². The molecule has 0 heterocycles. The van der Waals surface area contributed by atoms with Crippen molar-refractivity contribution in [2.75, 3.05) is 0 Å². The fourth-order valence-corrected chi connectivity index (χ4v) is 3.08.